The number of aryl methyl sites for hydroxylation is 1. The molecule has 0 aliphatic rings. The highest BCUT2D eigenvalue weighted by Crippen LogP contribution is 2.12. The molecule has 106 valence electrons. The number of nitrogens with zero attached hydrogens (tertiary/aromatic N) is 2. The van der Waals surface area contributed by atoms with Crippen LogP contribution in [0.2, 0.25) is 0 Å². The number of carbonyl (C=O) groups excluding carboxylic acids is 1. The number of hydrogen-bond donors (Lipinski definition) is 2. The molecule has 0 saturated heterocycles. The minimum Gasteiger partial charge on any atom is -0.478 e. The van der Waals surface area contributed by atoms with Crippen molar-refractivity contribution < 1.29 is 14.7 Å². The molecule has 2 heterocycles. The fourth-order valence-electron chi connectivity index (χ4n) is 1.72. The van der Waals surface area contributed by atoms with Crippen molar-refractivity contribution in [3.05, 3.63) is 59.7 Å². The molecule has 6 nitrogen and oxygen atoms in total. The van der Waals surface area contributed by atoms with E-state index in [1.54, 1.807) is 24.4 Å². The van der Waals surface area contributed by atoms with Crippen molar-refractivity contribution in [1.82, 2.24) is 9.97 Å². The Labute approximate surface area is 121 Å². The Morgan fingerprint density at radius 2 is 2.14 bits per heavy atom. The lowest BCUT2D eigenvalue weighted by atomic mass is 10.1. The van der Waals surface area contributed by atoms with Crippen LogP contribution in [0.3, 0.4) is 0 Å². The molecular formula is C15H13N3O3. The summed E-state index contributed by atoms with van der Waals surface area (Å²) in [5.41, 5.74) is 2.05. The Balaban J connectivity index is 2.25. The van der Waals surface area contributed by atoms with Gasteiger partial charge in [0.05, 0.1) is 11.9 Å². The van der Waals surface area contributed by atoms with Crippen LogP contribution in [0.1, 0.15) is 21.6 Å². The fourth-order valence-corrected chi connectivity index (χ4v) is 1.72. The number of pyridine rings is 2. The molecule has 21 heavy (non-hydrogen) atoms. The zero-order valence-corrected chi connectivity index (χ0v) is 11.3. The molecule has 2 aromatic rings. The van der Waals surface area contributed by atoms with Crippen molar-refractivity contribution in [2.45, 2.75) is 6.92 Å². The summed E-state index contributed by atoms with van der Waals surface area (Å²) in [5.74, 6) is -1.51. The summed E-state index contributed by atoms with van der Waals surface area (Å²) < 4.78 is 0. The summed E-state index contributed by atoms with van der Waals surface area (Å²) in [5, 5.41) is 11.3. The number of carboxylic acids is 1. The lowest BCUT2D eigenvalue weighted by Gasteiger charge is -2.07. The fraction of sp³-hybridized carbons (Fsp3) is 0.0667. The first-order valence-electron chi connectivity index (χ1n) is 6.15. The second-order valence-electron chi connectivity index (χ2n) is 4.32. The van der Waals surface area contributed by atoms with E-state index in [0.717, 1.165) is 11.6 Å². The Morgan fingerprint density at radius 3 is 2.86 bits per heavy atom. The van der Waals surface area contributed by atoms with Gasteiger partial charge >= 0.3 is 5.97 Å². The SMILES string of the molecule is Cc1cncc(NC(=O)c2ncccc2/C=C/C(=O)O)c1. The molecule has 0 bridgehead atoms. The van der Waals surface area contributed by atoms with Crippen molar-refractivity contribution in [3.63, 3.8) is 0 Å². The highest BCUT2D eigenvalue weighted by molar-refractivity contribution is 6.05. The predicted octanol–water partition coefficient (Wildman–Crippen LogP) is 2.14. The predicted molar refractivity (Wildman–Crippen MR) is 77.8 cm³/mol. The average Bonchev–Trinajstić information content (AvgIpc) is 2.45. The number of anilines is 1. The van der Waals surface area contributed by atoms with E-state index in [1.807, 2.05) is 6.92 Å². The van der Waals surface area contributed by atoms with Crippen LogP contribution >= 0.6 is 0 Å². The number of nitrogens with one attached hydrogen (secondary N) is 1. The molecule has 0 aliphatic carbocycles. The second-order valence-corrected chi connectivity index (χ2v) is 4.32. The van der Waals surface area contributed by atoms with Crippen molar-refractivity contribution in [1.29, 1.82) is 0 Å². The number of aliphatic carboxylic acids is 1. The third-order valence-electron chi connectivity index (χ3n) is 2.59. The number of aromatic nitrogens is 2. The number of carbonyl (C=O) groups is 2. The van der Waals surface area contributed by atoms with E-state index >= 15 is 0 Å². The quantitative estimate of drug-likeness (QED) is 0.839. The number of carboxylic acid groups (broad SMARTS) is 1. The maximum Gasteiger partial charge on any atom is 0.328 e. The third kappa shape index (κ3) is 3.97. The van der Waals surface area contributed by atoms with Crippen molar-refractivity contribution in [2.75, 3.05) is 5.32 Å². The molecule has 2 aromatic heterocycles. The van der Waals surface area contributed by atoms with Crippen molar-refractivity contribution in [3.8, 4) is 0 Å². The number of hydrogen-bond acceptors (Lipinski definition) is 4. The molecule has 0 saturated carbocycles. The van der Waals surface area contributed by atoms with E-state index < -0.39 is 11.9 Å². The monoisotopic (exact) mass is 283 g/mol. The topological polar surface area (TPSA) is 92.2 Å². The lowest BCUT2D eigenvalue weighted by molar-refractivity contribution is -0.131. The van der Waals surface area contributed by atoms with Gasteiger partial charge in [-0.3, -0.25) is 14.8 Å². The summed E-state index contributed by atoms with van der Waals surface area (Å²) in [6, 6.07) is 5.03. The highest BCUT2D eigenvalue weighted by Gasteiger charge is 2.11. The van der Waals surface area contributed by atoms with Crippen LogP contribution in [-0.2, 0) is 4.79 Å². The Bertz CT molecular complexity index is 711. The largest absolute Gasteiger partial charge is 0.478 e. The van der Waals surface area contributed by atoms with Crippen LogP contribution in [0, 0.1) is 6.92 Å². The Kier molecular flexibility index (Phi) is 4.40. The zero-order valence-electron chi connectivity index (χ0n) is 11.3. The van der Waals surface area contributed by atoms with Gasteiger partial charge in [0.25, 0.3) is 5.91 Å². The normalized spacial score (nSPS) is 10.5. The van der Waals surface area contributed by atoms with Gasteiger partial charge in [-0.2, -0.15) is 0 Å². The number of amides is 1. The van der Waals surface area contributed by atoms with Gasteiger partial charge in [-0.1, -0.05) is 6.07 Å². The molecule has 0 atom stereocenters. The summed E-state index contributed by atoms with van der Waals surface area (Å²) in [4.78, 5) is 30.8. The zero-order chi connectivity index (χ0) is 15.2. The Hall–Kier alpha value is -3.02. The smallest absolute Gasteiger partial charge is 0.328 e. The summed E-state index contributed by atoms with van der Waals surface area (Å²) in [6.07, 6.45) is 6.97. The van der Waals surface area contributed by atoms with E-state index in [4.69, 9.17) is 5.11 Å². The highest BCUT2D eigenvalue weighted by atomic mass is 16.4. The summed E-state index contributed by atoms with van der Waals surface area (Å²) in [6.45, 7) is 1.87. The van der Waals surface area contributed by atoms with Gasteiger partial charge in [-0.05, 0) is 30.7 Å². The van der Waals surface area contributed by atoms with Gasteiger partial charge in [0, 0.05) is 24.0 Å². The molecule has 0 unspecified atom stereocenters. The number of rotatable bonds is 4. The molecule has 0 aliphatic heterocycles. The van der Waals surface area contributed by atoms with Crippen LogP contribution in [0.4, 0.5) is 5.69 Å². The minimum absolute atomic E-state index is 0.150. The maximum atomic E-state index is 12.2. The standard InChI is InChI=1S/C15H13N3O3/c1-10-7-12(9-16-8-10)18-15(21)14-11(3-2-6-17-14)4-5-13(19)20/h2-9H,1H3,(H,18,21)(H,19,20)/b5-4+. The van der Waals surface area contributed by atoms with Gasteiger partial charge in [-0.25, -0.2) is 4.79 Å². The van der Waals surface area contributed by atoms with Crippen LogP contribution < -0.4 is 5.32 Å². The summed E-state index contributed by atoms with van der Waals surface area (Å²) in [7, 11) is 0. The van der Waals surface area contributed by atoms with Crippen LogP contribution in [0.5, 0.6) is 0 Å². The van der Waals surface area contributed by atoms with Crippen molar-refractivity contribution >= 4 is 23.6 Å². The molecular weight excluding hydrogens is 270 g/mol. The lowest BCUT2D eigenvalue weighted by Crippen LogP contribution is -2.15. The maximum absolute atomic E-state index is 12.2. The van der Waals surface area contributed by atoms with Gasteiger partial charge in [0.2, 0.25) is 0 Å². The van der Waals surface area contributed by atoms with Crippen LogP contribution in [0.25, 0.3) is 6.08 Å². The average molecular weight is 283 g/mol. The van der Waals surface area contributed by atoms with E-state index in [1.165, 1.54) is 18.5 Å². The van der Waals surface area contributed by atoms with Gasteiger partial charge in [-0.15, -0.1) is 0 Å². The van der Waals surface area contributed by atoms with Crippen LogP contribution in [-0.4, -0.2) is 27.0 Å². The first-order chi connectivity index (χ1) is 10.1. The molecule has 0 fully saturated rings. The Morgan fingerprint density at radius 1 is 1.33 bits per heavy atom. The summed E-state index contributed by atoms with van der Waals surface area (Å²) >= 11 is 0. The minimum atomic E-state index is -1.09. The molecule has 0 radical (unpaired) electrons. The first-order valence-corrected chi connectivity index (χ1v) is 6.15. The van der Waals surface area contributed by atoms with E-state index in [9.17, 15) is 9.59 Å². The van der Waals surface area contributed by atoms with E-state index in [2.05, 4.69) is 15.3 Å². The molecule has 0 aromatic carbocycles. The molecule has 0 spiro atoms. The first kappa shape index (κ1) is 14.4. The molecule has 1 amide bonds. The van der Waals surface area contributed by atoms with Crippen molar-refractivity contribution in [2.24, 2.45) is 0 Å². The van der Waals surface area contributed by atoms with E-state index in [0.29, 0.717) is 11.3 Å². The van der Waals surface area contributed by atoms with E-state index in [-0.39, 0.29) is 5.69 Å². The van der Waals surface area contributed by atoms with Gasteiger partial charge in [0.1, 0.15) is 5.69 Å². The van der Waals surface area contributed by atoms with Gasteiger partial charge < -0.3 is 10.4 Å². The van der Waals surface area contributed by atoms with Crippen LogP contribution in [0.15, 0.2) is 42.9 Å². The third-order valence-corrected chi connectivity index (χ3v) is 2.59. The molecule has 6 heteroatoms. The molecule has 2 N–H and O–H groups in total. The molecule has 2 rings (SSSR count). The van der Waals surface area contributed by atoms with Gasteiger partial charge in [0.15, 0.2) is 0 Å². The second kappa shape index (κ2) is 6.42.